The molecule has 2 heterocycles. The molecule has 1 aliphatic carbocycles. The van der Waals surface area contributed by atoms with Crippen LogP contribution in [0.5, 0.6) is 0 Å². The summed E-state index contributed by atoms with van der Waals surface area (Å²) in [5.41, 5.74) is 1.81. The Labute approximate surface area is 156 Å². The van der Waals surface area contributed by atoms with Gasteiger partial charge in [0.25, 0.3) is 5.78 Å². The average Bonchev–Trinajstić information content (AvgIpc) is 2.98. The van der Waals surface area contributed by atoms with Gasteiger partial charge in [-0.2, -0.15) is 0 Å². The van der Waals surface area contributed by atoms with Gasteiger partial charge in [0.2, 0.25) is 5.91 Å². The van der Waals surface area contributed by atoms with Crippen LogP contribution in [0.2, 0.25) is 0 Å². The Bertz CT molecular complexity index is 821. The van der Waals surface area contributed by atoms with Crippen molar-refractivity contribution in [2.45, 2.75) is 57.7 Å². The quantitative estimate of drug-likeness (QED) is 0.794. The molecule has 2 atom stereocenters. The van der Waals surface area contributed by atoms with Crippen molar-refractivity contribution in [1.29, 1.82) is 0 Å². The molecule has 2 aromatic rings. The van der Waals surface area contributed by atoms with Crippen LogP contribution in [0.25, 0.3) is 5.78 Å². The molecular formula is C17H24N6O2S. The van der Waals surface area contributed by atoms with Crippen molar-refractivity contribution in [3.63, 3.8) is 0 Å². The van der Waals surface area contributed by atoms with Crippen molar-refractivity contribution in [3.8, 4) is 0 Å². The lowest BCUT2D eigenvalue weighted by Gasteiger charge is -2.29. The third-order valence-electron chi connectivity index (χ3n) is 4.68. The fourth-order valence-corrected chi connectivity index (χ4v) is 4.11. The van der Waals surface area contributed by atoms with E-state index in [4.69, 9.17) is 0 Å². The molecule has 140 valence electrons. The van der Waals surface area contributed by atoms with Crippen molar-refractivity contribution in [3.05, 3.63) is 17.5 Å². The topological polar surface area (TPSA) is 101 Å². The molecule has 1 fully saturated rings. The van der Waals surface area contributed by atoms with E-state index in [2.05, 4.69) is 32.7 Å². The average molecular weight is 376 g/mol. The van der Waals surface area contributed by atoms with Gasteiger partial charge in [-0.15, -0.1) is 10.2 Å². The first-order chi connectivity index (χ1) is 12.4. The van der Waals surface area contributed by atoms with E-state index in [1.165, 1.54) is 18.2 Å². The fourth-order valence-electron chi connectivity index (χ4n) is 3.32. The number of amides is 3. The first-order valence-electron chi connectivity index (χ1n) is 8.86. The van der Waals surface area contributed by atoms with E-state index >= 15 is 0 Å². The number of carbonyl (C=O) groups excluding carboxylic acids is 2. The second-order valence-electron chi connectivity index (χ2n) is 6.84. The highest BCUT2D eigenvalue weighted by Gasteiger charge is 2.23. The molecular weight excluding hydrogens is 352 g/mol. The molecule has 8 nitrogen and oxygen atoms in total. The van der Waals surface area contributed by atoms with E-state index < -0.39 is 6.03 Å². The Balaban J connectivity index is 1.53. The van der Waals surface area contributed by atoms with Crippen LogP contribution < -0.4 is 10.6 Å². The SMILES string of the molecule is Cc1cc(C)n2c(SCC(=O)NC(=O)N[C@@H]3CCCC[C@@H]3C)nnc2n1. The maximum atomic E-state index is 12.1. The number of hydrogen-bond donors (Lipinski definition) is 2. The van der Waals surface area contributed by atoms with Gasteiger partial charge in [-0.05, 0) is 38.7 Å². The van der Waals surface area contributed by atoms with Gasteiger partial charge in [0, 0.05) is 17.4 Å². The first kappa shape index (κ1) is 18.6. The van der Waals surface area contributed by atoms with Crippen LogP contribution in [-0.2, 0) is 4.79 Å². The van der Waals surface area contributed by atoms with Gasteiger partial charge in [-0.25, -0.2) is 9.78 Å². The predicted octanol–water partition coefficient (Wildman–Crippen LogP) is 2.24. The summed E-state index contributed by atoms with van der Waals surface area (Å²) in [7, 11) is 0. The van der Waals surface area contributed by atoms with Gasteiger partial charge in [-0.3, -0.25) is 14.5 Å². The smallest absolute Gasteiger partial charge is 0.321 e. The van der Waals surface area contributed by atoms with Crippen LogP contribution in [0, 0.1) is 19.8 Å². The second-order valence-corrected chi connectivity index (χ2v) is 7.78. The molecule has 0 saturated heterocycles. The monoisotopic (exact) mass is 376 g/mol. The van der Waals surface area contributed by atoms with Crippen LogP contribution >= 0.6 is 11.8 Å². The van der Waals surface area contributed by atoms with Crippen LogP contribution in [0.1, 0.15) is 44.0 Å². The number of urea groups is 1. The molecule has 1 saturated carbocycles. The number of hydrogen-bond acceptors (Lipinski definition) is 6. The number of aromatic nitrogens is 4. The standard InChI is InChI=1S/C17H24N6O2S/c1-10-6-4-5-7-13(10)19-16(25)20-14(24)9-26-17-22-21-15-18-11(2)8-12(3)23(15)17/h8,10,13H,4-7,9H2,1-3H3,(H2,19,20,24,25)/t10-,13+/m0/s1. The van der Waals surface area contributed by atoms with Crippen LogP contribution in [-0.4, -0.2) is 43.3 Å². The molecule has 9 heteroatoms. The largest absolute Gasteiger partial charge is 0.335 e. The van der Waals surface area contributed by atoms with Crippen molar-refractivity contribution in [2.24, 2.45) is 5.92 Å². The van der Waals surface area contributed by atoms with Gasteiger partial charge in [0.1, 0.15) is 0 Å². The molecule has 0 spiro atoms. The summed E-state index contributed by atoms with van der Waals surface area (Å²) in [6.07, 6.45) is 4.40. The lowest BCUT2D eigenvalue weighted by atomic mass is 9.86. The Kier molecular flexibility index (Phi) is 5.75. The Morgan fingerprint density at radius 2 is 2.04 bits per heavy atom. The van der Waals surface area contributed by atoms with E-state index in [9.17, 15) is 9.59 Å². The number of rotatable bonds is 4. The van der Waals surface area contributed by atoms with Crippen LogP contribution in [0.3, 0.4) is 0 Å². The number of aryl methyl sites for hydroxylation is 2. The fraction of sp³-hybridized carbons (Fsp3) is 0.588. The Hall–Kier alpha value is -2.16. The Morgan fingerprint density at radius 1 is 1.27 bits per heavy atom. The zero-order valence-electron chi connectivity index (χ0n) is 15.3. The molecule has 2 aromatic heterocycles. The van der Waals surface area contributed by atoms with E-state index in [0.29, 0.717) is 16.9 Å². The van der Waals surface area contributed by atoms with Gasteiger partial charge in [0.05, 0.1) is 5.75 Å². The minimum absolute atomic E-state index is 0.0851. The summed E-state index contributed by atoms with van der Waals surface area (Å²) in [5.74, 6) is 0.682. The van der Waals surface area contributed by atoms with E-state index in [1.807, 2.05) is 19.9 Å². The molecule has 0 aliphatic heterocycles. The molecule has 2 N–H and O–H groups in total. The maximum absolute atomic E-state index is 12.1. The minimum Gasteiger partial charge on any atom is -0.335 e. The van der Waals surface area contributed by atoms with Gasteiger partial charge < -0.3 is 5.32 Å². The molecule has 1 aliphatic rings. The number of imide groups is 1. The van der Waals surface area contributed by atoms with Crippen LogP contribution in [0.4, 0.5) is 4.79 Å². The minimum atomic E-state index is -0.422. The van der Waals surface area contributed by atoms with Crippen LogP contribution in [0.15, 0.2) is 11.2 Å². The van der Waals surface area contributed by atoms with Gasteiger partial charge in [0.15, 0.2) is 5.16 Å². The van der Waals surface area contributed by atoms with Crippen molar-refractivity contribution < 1.29 is 9.59 Å². The number of nitrogens with one attached hydrogen (secondary N) is 2. The summed E-state index contributed by atoms with van der Waals surface area (Å²) in [6, 6.07) is 1.65. The second kappa shape index (κ2) is 8.03. The number of nitrogens with zero attached hydrogens (tertiary/aromatic N) is 4. The zero-order chi connectivity index (χ0) is 18.7. The number of carbonyl (C=O) groups is 2. The molecule has 0 unspecified atom stereocenters. The van der Waals surface area contributed by atoms with E-state index in [1.54, 1.807) is 4.40 Å². The van der Waals surface area contributed by atoms with Gasteiger partial charge in [-0.1, -0.05) is 31.5 Å². The predicted molar refractivity (Wildman–Crippen MR) is 99.1 cm³/mol. The molecule has 0 aromatic carbocycles. The summed E-state index contributed by atoms with van der Waals surface area (Å²) < 4.78 is 1.80. The van der Waals surface area contributed by atoms with Crippen molar-refractivity contribution in [1.82, 2.24) is 30.2 Å². The molecule has 0 bridgehead atoms. The normalized spacial score (nSPS) is 20.1. The zero-order valence-corrected chi connectivity index (χ0v) is 16.1. The third kappa shape index (κ3) is 4.32. The molecule has 3 amide bonds. The highest BCUT2D eigenvalue weighted by molar-refractivity contribution is 7.99. The molecule has 26 heavy (non-hydrogen) atoms. The summed E-state index contributed by atoms with van der Waals surface area (Å²) in [4.78, 5) is 28.4. The first-order valence-corrected chi connectivity index (χ1v) is 9.85. The Morgan fingerprint density at radius 3 is 2.81 bits per heavy atom. The summed E-state index contributed by atoms with van der Waals surface area (Å²) in [6.45, 7) is 5.97. The maximum Gasteiger partial charge on any atom is 0.321 e. The van der Waals surface area contributed by atoms with E-state index in [0.717, 1.165) is 30.7 Å². The van der Waals surface area contributed by atoms with E-state index in [-0.39, 0.29) is 17.7 Å². The number of fused-ring (bicyclic) bond motifs is 1. The molecule has 0 radical (unpaired) electrons. The summed E-state index contributed by atoms with van der Waals surface area (Å²) in [5, 5.41) is 14.0. The third-order valence-corrected chi connectivity index (χ3v) is 5.61. The van der Waals surface area contributed by atoms with Crippen molar-refractivity contribution in [2.75, 3.05) is 5.75 Å². The summed E-state index contributed by atoms with van der Waals surface area (Å²) >= 11 is 1.23. The lowest BCUT2D eigenvalue weighted by molar-refractivity contribution is -0.117. The van der Waals surface area contributed by atoms with Crippen molar-refractivity contribution >= 4 is 29.5 Å². The highest BCUT2D eigenvalue weighted by Crippen LogP contribution is 2.23. The highest BCUT2D eigenvalue weighted by atomic mass is 32.2. The lowest BCUT2D eigenvalue weighted by Crippen LogP contribution is -2.48. The number of thioether (sulfide) groups is 1. The van der Waals surface area contributed by atoms with Gasteiger partial charge >= 0.3 is 6.03 Å². The molecule has 3 rings (SSSR count).